The maximum Gasteiger partial charge on any atom is 0.0285 e. The minimum absolute atomic E-state index is 0.470. The summed E-state index contributed by atoms with van der Waals surface area (Å²) in [5.41, 5.74) is 0. The Balaban J connectivity index is 2.48. The van der Waals surface area contributed by atoms with E-state index in [-0.39, 0.29) is 0 Å². The van der Waals surface area contributed by atoms with Gasteiger partial charge in [-0.1, -0.05) is 13.0 Å². The summed E-state index contributed by atoms with van der Waals surface area (Å²) in [7, 11) is 0. The Kier molecular flexibility index (Phi) is 5.77. The van der Waals surface area contributed by atoms with Gasteiger partial charge in [0.2, 0.25) is 0 Å². The highest BCUT2D eigenvalue weighted by Crippen LogP contribution is 2.41. The molecule has 1 saturated heterocycles. The van der Waals surface area contributed by atoms with Gasteiger partial charge in [0.25, 0.3) is 0 Å². The van der Waals surface area contributed by atoms with Gasteiger partial charge >= 0.3 is 0 Å². The molecule has 0 spiro atoms. The van der Waals surface area contributed by atoms with Gasteiger partial charge in [-0.25, -0.2) is 0 Å². The quantitative estimate of drug-likeness (QED) is 0.667. The number of nitrogens with one attached hydrogen (secondary N) is 1. The third-order valence-corrected chi connectivity index (χ3v) is 4.93. The van der Waals surface area contributed by atoms with Crippen LogP contribution in [0.15, 0.2) is 12.7 Å². The van der Waals surface area contributed by atoms with Crippen LogP contribution in [0.1, 0.15) is 46.0 Å². The van der Waals surface area contributed by atoms with Crippen LogP contribution in [0.25, 0.3) is 0 Å². The molecule has 1 fully saturated rings. The molecule has 1 aliphatic rings. The molecule has 88 valence electrons. The average Bonchev–Trinajstić information content (AvgIpc) is 2.66. The molecular weight excluding hydrogens is 202 g/mol. The van der Waals surface area contributed by atoms with Crippen molar-refractivity contribution in [3.63, 3.8) is 0 Å². The van der Waals surface area contributed by atoms with Crippen molar-refractivity contribution in [3.05, 3.63) is 12.7 Å². The number of hydrogen-bond acceptors (Lipinski definition) is 2. The van der Waals surface area contributed by atoms with Gasteiger partial charge in [0.1, 0.15) is 0 Å². The number of rotatable bonds is 7. The molecule has 0 radical (unpaired) electrons. The Morgan fingerprint density at radius 1 is 1.60 bits per heavy atom. The van der Waals surface area contributed by atoms with Crippen LogP contribution in [0.5, 0.6) is 0 Å². The molecule has 0 amide bonds. The highest BCUT2D eigenvalue weighted by atomic mass is 32.2. The summed E-state index contributed by atoms with van der Waals surface area (Å²) in [5, 5.41) is 3.72. The van der Waals surface area contributed by atoms with Crippen molar-refractivity contribution in [2.45, 2.75) is 56.7 Å². The fourth-order valence-corrected chi connectivity index (χ4v) is 3.75. The highest BCUT2D eigenvalue weighted by molar-refractivity contribution is 8.00. The van der Waals surface area contributed by atoms with Crippen LogP contribution < -0.4 is 5.32 Å². The van der Waals surface area contributed by atoms with Gasteiger partial charge in [-0.15, -0.1) is 6.58 Å². The molecule has 0 aromatic heterocycles. The second kappa shape index (κ2) is 6.59. The highest BCUT2D eigenvalue weighted by Gasteiger charge is 2.36. The van der Waals surface area contributed by atoms with E-state index in [1.165, 1.54) is 31.4 Å². The van der Waals surface area contributed by atoms with E-state index < -0.39 is 0 Å². The van der Waals surface area contributed by atoms with Crippen molar-refractivity contribution in [1.82, 2.24) is 5.32 Å². The predicted molar refractivity (Wildman–Crippen MR) is 71.6 cm³/mol. The normalized spacial score (nSPS) is 27.9. The van der Waals surface area contributed by atoms with Gasteiger partial charge in [0.05, 0.1) is 0 Å². The summed E-state index contributed by atoms with van der Waals surface area (Å²) in [6, 6.07) is 0.669. The molecule has 1 aliphatic heterocycles. The second-order valence-electron chi connectivity index (χ2n) is 4.64. The molecule has 0 saturated carbocycles. The summed E-state index contributed by atoms with van der Waals surface area (Å²) in [6.45, 7) is 9.65. The third-order valence-electron chi connectivity index (χ3n) is 3.29. The Labute approximate surface area is 99.1 Å². The van der Waals surface area contributed by atoms with E-state index in [4.69, 9.17) is 0 Å². The fraction of sp³-hybridized carbons (Fsp3) is 0.846. The van der Waals surface area contributed by atoms with E-state index >= 15 is 0 Å². The van der Waals surface area contributed by atoms with Crippen LogP contribution in [0.2, 0.25) is 0 Å². The van der Waals surface area contributed by atoms with Crippen LogP contribution in [0.4, 0.5) is 0 Å². The number of hydrogen-bond donors (Lipinski definition) is 1. The average molecular weight is 227 g/mol. The maximum atomic E-state index is 3.83. The van der Waals surface area contributed by atoms with Crippen LogP contribution >= 0.6 is 11.8 Å². The van der Waals surface area contributed by atoms with Gasteiger partial charge in [-0.05, 0) is 51.3 Å². The summed E-state index contributed by atoms with van der Waals surface area (Å²) in [4.78, 5) is 0. The van der Waals surface area contributed by atoms with E-state index in [1.54, 1.807) is 0 Å². The minimum Gasteiger partial charge on any atom is -0.313 e. The Morgan fingerprint density at radius 3 is 2.93 bits per heavy atom. The fourth-order valence-electron chi connectivity index (χ4n) is 2.30. The first-order chi connectivity index (χ1) is 7.23. The van der Waals surface area contributed by atoms with Gasteiger partial charge in [0, 0.05) is 10.8 Å². The lowest BCUT2D eigenvalue weighted by Gasteiger charge is -2.34. The molecule has 2 unspecified atom stereocenters. The van der Waals surface area contributed by atoms with Crippen LogP contribution in [-0.2, 0) is 0 Å². The lowest BCUT2D eigenvalue weighted by Crippen LogP contribution is -2.45. The molecule has 2 heteroatoms. The molecule has 0 aromatic carbocycles. The summed E-state index contributed by atoms with van der Waals surface area (Å²) >= 11 is 2.16. The van der Waals surface area contributed by atoms with E-state index in [0.29, 0.717) is 10.8 Å². The molecule has 1 rings (SSSR count). The molecule has 15 heavy (non-hydrogen) atoms. The smallest absolute Gasteiger partial charge is 0.0285 e. The van der Waals surface area contributed by atoms with Crippen molar-refractivity contribution in [3.8, 4) is 0 Å². The van der Waals surface area contributed by atoms with E-state index in [1.807, 2.05) is 6.08 Å². The zero-order valence-corrected chi connectivity index (χ0v) is 11.0. The van der Waals surface area contributed by atoms with Gasteiger partial charge < -0.3 is 5.32 Å². The van der Waals surface area contributed by atoms with Gasteiger partial charge in [0.15, 0.2) is 0 Å². The molecular formula is C13H25NS. The molecule has 1 N–H and O–H groups in total. The Hall–Kier alpha value is 0.0500. The lowest BCUT2D eigenvalue weighted by atomic mass is 9.92. The van der Waals surface area contributed by atoms with Gasteiger partial charge in [-0.3, -0.25) is 0 Å². The largest absolute Gasteiger partial charge is 0.313 e. The van der Waals surface area contributed by atoms with Crippen molar-refractivity contribution in [2.75, 3.05) is 12.3 Å². The van der Waals surface area contributed by atoms with Crippen molar-refractivity contribution < 1.29 is 0 Å². The minimum atomic E-state index is 0.470. The summed E-state index contributed by atoms with van der Waals surface area (Å²) in [6.07, 6.45) is 8.41. The first-order valence-corrected chi connectivity index (χ1v) is 7.19. The first kappa shape index (κ1) is 13.1. The molecule has 1 nitrogen and oxygen atoms in total. The van der Waals surface area contributed by atoms with Gasteiger partial charge in [-0.2, -0.15) is 11.8 Å². The predicted octanol–water partition coefficient (Wildman–Crippen LogP) is 3.61. The van der Waals surface area contributed by atoms with E-state index in [2.05, 4.69) is 37.5 Å². The molecule has 0 aliphatic carbocycles. The molecule has 2 atom stereocenters. The maximum absolute atomic E-state index is 3.83. The zero-order valence-electron chi connectivity index (χ0n) is 10.2. The van der Waals surface area contributed by atoms with Crippen LogP contribution in [0, 0.1) is 0 Å². The summed E-state index contributed by atoms with van der Waals surface area (Å²) < 4.78 is 0.470. The van der Waals surface area contributed by atoms with Crippen LogP contribution in [0.3, 0.4) is 0 Å². The molecule has 0 aromatic rings. The standard InChI is InChI=1S/C13H25NS/c1-4-6-8-12(14-10-5-2)13(3)9-7-11-15-13/h4,12,14H,1,5-11H2,2-3H3. The van der Waals surface area contributed by atoms with Crippen molar-refractivity contribution in [1.29, 1.82) is 0 Å². The molecule has 0 bridgehead atoms. The Morgan fingerprint density at radius 2 is 2.40 bits per heavy atom. The van der Waals surface area contributed by atoms with Crippen LogP contribution in [-0.4, -0.2) is 23.1 Å². The monoisotopic (exact) mass is 227 g/mol. The number of allylic oxidation sites excluding steroid dienone is 1. The summed E-state index contributed by atoms with van der Waals surface area (Å²) in [5.74, 6) is 1.34. The van der Waals surface area contributed by atoms with E-state index in [9.17, 15) is 0 Å². The third kappa shape index (κ3) is 3.84. The first-order valence-electron chi connectivity index (χ1n) is 6.21. The number of thioether (sulfide) groups is 1. The van der Waals surface area contributed by atoms with Crippen molar-refractivity contribution >= 4 is 11.8 Å². The second-order valence-corrected chi connectivity index (χ2v) is 6.27. The SMILES string of the molecule is C=CCCC(NCCC)C1(C)CCCS1. The lowest BCUT2D eigenvalue weighted by molar-refractivity contribution is 0.383. The topological polar surface area (TPSA) is 12.0 Å². The Bertz CT molecular complexity index is 185. The van der Waals surface area contributed by atoms with E-state index in [0.717, 1.165) is 13.0 Å². The molecule has 1 heterocycles. The zero-order chi connectivity index (χ0) is 11.1. The van der Waals surface area contributed by atoms with Crippen molar-refractivity contribution in [2.24, 2.45) is 0 Å².